The zero-order chi connectivity index (χ0) is 9.14. The molecule has 0 fully saturated rings. The number of nitrogens with zero attached hydrogens (tertiary/aromatic N) is 1. The SMILES string of the molecule is COc1cc(C(C)=O)c(F)cn1. The predicted octanol–water partition coefficient (Wildman–Crippen LogP) is 1.43. The van der Waals surface area contributed by atoms with Gasteiger partial charge in [-0.2, -0.15) is 0 Å². The van der Waals surface area contributed by atoms with Gasteiger partial charge in [0.25, 0.3) is 0 Å². The number of hydrogen-bond donors (Lipinski definition) is 0. The molecule has 0 unspecified atom stereocenters. The van der Waals surface area contributed by atoms with Crippen LogP contribution in [-0.4, -0.2) is 17.9 Å². The van der Waals surface area contributed by atoms with Gasteiger partial charge in [0.2, 0.25) is 5.88 Å². The molecule has 12 heavy (non-hydrogen) atoms. The Morgan fingerprint density at radius 2 is 2.33 bits per heavy atom. The molecule has 0 aromatic carbocycles. The molecule has 64 valence electrons. The van der Waals surface area contributed by atoms with Crippen LogP contribution in [0.15, 0.2) is 12.3 Å². The van der Waals surface area contributed by atoms with Gasteiger partial charge in [-0.25, -0.2) is 9.37 Å². The first-order valence-electron chi connectivity index (χ1n) is 3.35. The zero-order valence-corrected chi connectivity index (χ0v) is 6.80. The molecule has 3 nitrogen and oxygen atoms in total. The van der Waals surface area contributed by atoms with Gasteiger partial charge in [0.05, 0.1) is 18.9 Å². The number of hydrogen-bond acceptors (Lipinski definition) is 3. The molecule has 4 heteroatoms. The third-order valence-electron chi connectivity index (χ3n) is 1.42. The number of pyridine rings is 1. The van der Waals surface area contributed by atoms with Crippen molar-refractivity contribution in [3.05, 3.63) is 23.6 Å². The number of carbonyl (C=O) groups is 1. The summed E-state index contributed by atoms with van der Waals surface area (Å²) in [5, 5.41) is 0. The van der Waals surface area contributed by atoms with Crippen LogP contribution < -0.4 is 4.74 Å². The number of aromatic nitrogens is 1. The van der Waals surface area contributed by atoms with E-state index in [-0.39, 0.29) is 17.2 Å². The Morgan fingerprint density at radius 1 is 1.67 bits per heavy atom. The highest BCUT2D eigenvalue weighted by Gasteiger charge is 2.08. The molecule has 0 atom stereocenters. The van der Waals surface area contributed by atoms with Crippen molar-refractivity contribution >= 4 is 5.78 Å². The Hall–Kier alpha value is -1.45. The Balaban J connectivity index is 3.17. The zero-order valence-electron chi connectivity index (χ0n) is 6.80. The number of halogens is 1. The van der Waals surface area contributed by atoms with Crippen LogP contribution in [0.1, 0.15) is 17.3 Å². The first-order chi connectivity index (χ1) is 5.65. The van der Waals surface area contributed by atoms with Crippen molar-refractivity contribution in [1.29, 1.82) is 0 Å². The van der Waals surface area contributed by atoms with Gasteiger partial charge in [-0.15, -0.1) is 0 Å². The maximum atomic E-state index is 12.8. The molecular weight excluding hydrogens is 161 g/mol. The second kappa shape index (κ2) is 3.30. The van der Waals surface area contributed by atoms with Crippen LogP contribution in [0.2, 0.25) is 0 Å². The Bertz CT molecular complexity index is 312. The highest BCUT2D eigenvalue weighted by Crippen LogP contribution is 2.12. The second-order valence-electron chi connectivity index (χ2n) is 2.26. The quantitative estimate of drug-likeness (QED) is 0.628. The van der Waals surface area contributed by atoms with E-state index < -0.39 is 5.82 Å². The minimum atomic E-state index is -0.622. The van der Waals surface area contributed by atoms with E-state index in [4.69, 9.17) is 4.74 Å². The van der Waals surface area contributed by atoms with E-state index >= 15 is 0 Å². The van der Waals surface area contributed by atoms with E-state index in [0.29, 0.717) is 0 Å². The second-order valence-corrected chi connectivity index (χ2v) is 2.26. The third-order valence-corrected chi connectivity index (χ3v) is 1.42. The first kappa shape index (κ1) is 8.64. The maximum Gasteiger partial charge on any atom is 0.213 e. The first-order valence-corrected chi connectivity index (χ1v) is 3.35. The summed E-state index contributed by atoms with van der Waals surface area (Å²) in [5.41, 5.74) is 0.00171. The highest BCUT2D eigenvalue weighted by atomic mass is 19.1. The molecule has 1 aromatic rings. The van der Waals surface area contributed by atoms with Gasteiger partial charge in [-0.1, -0.05) is 0 Å². The van der Waals surface area contributed by atoms with Crippen molar-refractivity contribution in [1.82, 2.24) is 4.98 Å². The average molecular weight is 169 g/mol. The van der Waals surface area contributed by atoms with E-state index in [1.807, 2.05) is 0 Å². The summed E-state index contributed by atoms with van der Waals surface area (Å²) in [6.07, 6.45) is 0.968. The van der Waals surface area contributed by atoms with E-state index in [1.54, 1.807) is 0 Å². The minimum absolute atomic E-state index is 0.00171. The summed E-state index contributed by atoms with van der Waals surface area (Å²) in [5.74, 6) is -0.724. The molecule has 0 bridgehead atoms. The average Bonchev–Trinajstić information content (AvgIpc) is 2.05. The smallest absolute Gasteiger partial charge is 0.213 e. The molecule has 0 N–H and O–H groups in total. The lowest BCUT2D eigenvalue weighted by atomic mass is 10.2. The van der Waals surface area contributed by atoms with Crippen LogP contribution in [0.5, 0.6) is 5.88 Å². The van der Waals surface area contributed by atoms with Crippen molar-refractivity contribution in [2.45, 2.75) is 6.92 Å². The predicted molar refractivity (Wildman–Crippen MR) is 40.8 cm³/mol. The number of Topliss-reactive ketones (excluding diaryl/α,β-unsaturated/α-hetero) is 1. The third kappa shape index (κ3) is 1.58. The Labute approximate surface area is 69.2 Å². The van der Waals surface area contributed by atoms with Gasteiger partial charge in [0.1, 0.15) is 0 Å². The van der Waals surface area contributed by atoms with Crippen LogP contribution in [0, 0.1) is 5.82 Å². The normalized spacial score (nSPS) is 9.58. The highest BCUT2D eigenvalue weighted by molar-refractivity contribution is 5.94. The molecule has 0 aliphatic heterocycles. The molecule has 1 rings (SSSR count). The van der Waals surface area contributed by atoms with Crippen molar-refractivity contribution in [2.24, 2.45) is 0 Å². The molecular formula is C8H8FNO2. The Kier molecular flexibility index (Phi) is 2.38. The van der Waals surface area contributed by atoms with Gasteiger partial charge in [-0.05, 0) is 6.92 Å². The molecule has 0 radical (unpaired) electrons. The van der Waals surface area contributed by atoms with Crippen LogP contribution in [0.4, 0.5) is 4.39 Å². The maximum absolute atomic E-state index is 12.8. The molecule has 0 spiro atoms. The topological polar surface area (TPSA) is 39.2 Å². The lowest BCUT2D eigenvalue weighted by molar-refractivity contribution is 0.101. The van der Waals surface area contributed by atoms with Crippen molar-refractivity contribution in [3.8, 4) is 5.88 Å². The molecule has 0 aliphatic carbocycles. The van der Waals surface area contributed by atoms with Crippen molar-refractivity contribution in [3.63, 3.8) is 0 Å². The fourth-order valence-corrected chi connectivity index (χ4v) is 0.801. The number of ketones is 1. The fourth-order valence-electron chi connectivity index (χ4n) is 0.801. The number of rotatable bonds is 2. The lowest BCUT2D eigenvalue weighted by Gasteiger charge is -2.00. The van der Waals surface area contributed by atoms with Gasteiger partial charge in [0.15, 0.2) is 11.6 Å². The number of ether oxygens (including phenoxy) is 1. The van der Waals surface area contributed by atoms with Crippen molar-refractivity contribution < 1.29 is 13.9 Å². The fraction of sp³-hybridized carbons (Fsp3) is 0.250. The van der Waals surface area contributed by atoms with Gasteiger partial charge in [-0.3, -0.25) is 4.79 Å². The van der Waals surface area contributed by atoms with Crippen molar-refractivity contribution in [2.75, 3.05) is 7.11 Å². The van der Waals surface area contributed by atoms with E-state index in [1.165, 1.54) is 20.1 Å². The van der Waals surface area contributed by atoms with E-state index in [9.17, 15) is 9.18 Å². The molecule has 0 saturated carbocycles. The van der Waals surface area contributed by atoms with Gasteiger partial charge >= 0.3 is 0 Å². The van der Waals surface area contributed by atoms with Crippen LogP contribution in [0.3, 0.4) is 0 Å². The Morgan fingerprint density at radius 3 is 2.83 bits per heavy atom. The molecule has 0 aliphatic rings. The summed E-state index contributed by atoms with van der Waals surface area (Å²) < 4.78 is 17.5. The van der Waals surface area contributed by atoms with Crippen LogP contribution in [0.25, 0.3) is 0 Å². The molecule has 1 aromatic heterocycles. The van der Waals surface area contributed by atoms with Gasteiger partial charge in [0, 0.05) is 6.07 Å². The summed E-state index contributed by atoms with van der Waals surface area (Å²) in [6, 6.07) is 1.28. The molecule has 0 amide bonds. The summed E-state index contributed by atoms with van der Waals surface area (Å²) in [7, 11) is 1.41. The standard InChI is InChI=1S/C8H8FNO2/c1-5(11)6-3-8(12-2)10-4-7(6)9/h3-4H,1-2H3. The van der Waals surface area contributed by atoms with E-state index in [0.717, 1.165) is 6.20 Å². The van der Waals surface area contributed by atoms with Crippen LogP contribution >= 0.6 is 0 Å². The van der Waals surface area contributed by atoms with E-state index in [2.05, 4.69) is 4.98 Å². The minimum Gasteiger partial charge on any atom is -0.481 e. The lowest BCUT2D eigenvalue weighted by Crippen LogP contribution is -1.99. The number of methoxy groups -OCH3 is 1. The molecule has 0 saturated heterocycles. The van der Waals surface area contributed by atoms with Crippen LogP contribution in [-0.2, 0) is 0 Å². The summed E-state index contributed by atoms with van der Waals surface area (Å²) in [4.78, 5) is 14.4. The largest absolute Gasteiger partial charge is 0.481 e. The molecule has 1 heterocycles. The monoisotopic (exact) mass is 169 g/mol. The summed E-state index contributed by atoms with van der Waals surface area (Å²) >= 11 is 0. The van der Waals surface area contributed by atoms with Gasteiger partial charge < -0.3 is 4.74 Å². The number of carbonyl (C=O) groups excluding carboxylic acids is 1. The summed E-state index contributed by atoms with van der Waals surface area (Å²) in [6.45, 7) is 1.29.